The lowest BCUT2D eigenvalue weighted by Crippen LogP contribution is -2.41. The van der Waals surface area contributed by atoms with Crippen LogP contribution in [0.3, 0.4) is 0 Å². The summed E-state index contributed by atoms with van der Waals surface area (Å²) in [4.78, 5) is 12.0. The molecular weight excluding hydrogens is 329 g/mol. The number of benzene rings is 1. The molecule has 1 amide bonds. The van der Waals surface area contributed by atoms with Crippen molar-refractivity contribution < 1.29 is 9.53 Å². The molecule has 2 unspecified atom stereocenters. The maximum Gasteiger partial charge on any atom is 0.251 e. The molecule has 0 saturated carbocycles. The van der Waals surface area contributed by atoms with Crippen molar-refractivity contribution in [3.63, 3.8) is 0 Å². The Kier molecular flexibility index (Phi) is 4.39. The molecule has 17 heavy (non-hydrogen) atoms. The van der Waals surface area contributed by atoms with Gasteiger partial charge < -0.3 is 10.1 Å². The van der Waals surface area contributed by atoms with E-state index in [1.807, 2.05) is 31.2 Å². The largest absolute Gasteiger partial charge is 0.378 e. The minimum atomic E-state index is 0.0144. The second-order valence-electron chi connectivity index (χ2n) is 4.38. The smallest absolute Gasteiger partial charge is 0.251 e. The molecule has 4 heteroatoms. The number of rotatable bonds is 2. The highest BCUT2D eigenvalue weighted by atomic mass is 127. The van der Waals surface area contributed by atoms with Crippen molar-refractivity contribution in [2.75, 3.05) is 6.61 Å². The predicted molar refractivity (Wildman–Crippen MR) is 75.1 cm³/mol. The van der Waals surface area contributed by atoms with E-state index in [9.17, 15) is 4.79 Å². The second-order valence-corrected chi connectivity index (χ2v) is 5.63. The fourth-order valence-corrected chi connectivity index (χ4v) is 2.36. The lowest BCUT2D eigenvalue weighted by atomic mass is 10.0. The van der Waals surface area contributed by atoms with E-state index >= 15 is 0 Å². The van der Waals surface area contributed by atoms with Gasteiger partial charge in [0.05, 0.1) is 6.10 Å². The van der Waals surface area contributed by atoms with Gasteiger partial charge >= 0.3 is 0 Å². The van der Waals surface area contributed by atoms with E-state index in [2.05, 4.69) is 27.9 Å². The van der Waals surface area contributed by atoms with E-state index in [1.54, 1.807) is 0 Å². The highest BCUT2D eigenvalue weighted by Crippen LogP contribution is 2.14. The Morgan fingerprint density at radius 1 is 1.41 bits per heavy atom. The zero-order valence-electron chi connectivity index (χ0n) is 9.78. The van der Waals surface area contributed by atoms with E-state index in [-0.39, 0.29) is 18.1 Å². The average Bonchev–Trinajstić information content (AvgIpc) is 2.29. The molecule has 0 bridgehead atoms. The van der Waals surface area contributed by atoms with E-state index in [0.717, 1.165) is 28.6 Å². The second kappa shape index (κ2) is 5.82. The van der Waals surface area contributed by atoms with Crippen molar-refractivity contribution >= 4 is 28.5 Å². The molecule has 2 rings (SSSR count). The monoisotopic (exact) mass is 345 g/mol. The molecule has 1 aliphatic rings. The minimum Gasteiger partial charge on any atom is -0.378 e. The lowest BCUT2D eigenvalue weighted by molar-refractivity contribution is 0.0136. The molecule has 0 aromatic heterocycles. The van der Waals surface area contributed by atoms with Crippen LogP contribution in [-0.2, 0) is 4.74 Å². The van der Waals surface area contributed by atoms with Gasteiger partial charge in [0.2, 0.25) is 0 Å². The molecule has 1 aliphatic heterocycles. The molecule has 0 aliphatic carbocycles. The van der Waals surface area contributed by atoms with Crippen LogP contribution in [0.4, 0.5) is 0 Å². The number of carbonyl (C=O) groups excluding carboxylic acids is 1. The molecule has 1 saturated heterocycles. The Morgan fingerprint density at radius 2 is 2.12 bits per heavy atom. The van der Waals surface area contributed by atoms with Gasteiger partial charge in [0.1, 0.15) is 0 Å². The zero-order valence-corrected chi connectivity index (χ0v) is 11.9. The first-order chi connectivity index (χ1) is 8.15. The van der Waals surface area contributed by atoms with Gasteiger partial charge in [-0.1, -0.05) is 0 Å². The molecule has 1 fully saturated rings. The Hall–Kier alpha value is -0.620. The first kappa shape index (κ1) is 12.8. The summed E-state index contributed by atoms with van der Waals surface area (Å²) in [5, 5.41) is 3.06. The van der Waals surface area contributed by atoms with Crippen LogP contribution in [-0.4, -0.2) is 24.7 Å². The van der Waals surface area contributed by atoms with Crippen LogP contribution in [0.25, 0.3) is 0 Å². The molecule has 92 valence electrons. The van der Waals surface area contributed by atoms with Crippen molar-refractivity contribution in [2.24, 2.45) is 0 Å². The number of hydrogen-bond acceptors (Lipinski definition) is 2. The van der Waals surface area contributed by atoms with Gasteiger partial charge in [-0.2, -0.15) is 0 Å². The fourth-order valence-electron chi connectivity index (χ4n) is 2.00. The van der Waals surface area contributed by atoms with Gasteiger partial charge in [0.15, 0.2) is 0 Å². The third-order valence-electron chi connectivity index (χ3n) is 2.93. The SMILES string of the molecule is CC1CC(NC(=O)c2ccc(I)cc2)CCO1. The summed E-state index contributed by atoms with van der Waals surface area (Å²) in [6, 6.07) is 7.86. The maximum atomic E-state index is 12.0. The van der Waals surface area contributed by atoms with Crippen LogP contribution in [0.15, 0.2) is 24.3 Å². The Balaban J connectivity index is 1.94. The lowest BCUT2D eigenvalue weighted by Gasteiger charge is -2.27. The molecule has 1 aromatic rings. The number of nitrogens with one attached hydrogen (secondary N) is 1. The van der Waals surface area contributed by atoms with Crippen molar-refractivity contribution in [3.05, 3.63) is 33.4 Å². The fraction of sp³-hybridized carbons (Fsp3) is 0.462. The van der Waals surface area contributed by atoms with Crippen LogP contribution >= 0.6 is 22.6 Å². The van der Waals surface area contributed by atoms with E-state index in [4.69, 9.17) is 4.74 Å². The van der Waals surface area contributed by atoms with Gasteiger partial charge in [-0.05, 0) is 66.6 Å². The van der Waals surface area contributed by atoms with Crippen LogP contribution in [0, 0.1) is 3.57 Å². The van der Waals surface area contributed by atoms with E-state index < -0.39 is 0 Å². The van der Waals surface area contributed by atoms with Crippen LogP contribution in [0.1, 0.15) is 30.1 Å². The Bertz CT molecular complexity index is 391. The predicted octanol–water partition coefficient (Wildman–Crippen LogP) is 2.59. The van der Waals surface area contributed by atoms with E-state index in [0.29, 0.717) is 0 Å². The normalized spacial score (nSPS) is 24.4. The summed E-state index contributed by atoms with van der Waals surface area (Å²) in [5.74, 6) is 0.0144. The van der Waals surface area contributed by atoms with Gasteiger partial charge in [-0.25, -0.2) is 0 Å². The molecule has 3 nitrogen and oxygen atoms in total. The number of halogens is 1. The molecule has 0 radical (unpaired) electrons. The molecule has 0 spiro atoms. The molecule has 1 heterocycles. The van der Waals surface area contributed by atoms with Crippen molar-refractivity contribution in [3.8, 4) is 0 Å². The first-order valence-corrected chi connectivity index (χ1v) is 6.91. The molecule has 2 atom stereocenters. The summed E-state index contributed by atoms with van der Waals surface area (Å²) >= 11 is 2.23. The number of carbonyl (C=O) groups is 1. The number of hydrogen-bond donors (Lipinski definition) is 1. The summed E-state index contributed by atoms with van der Waals surface area (Å²) in [6.45, 7) is 2.78. The zero-order chi connectivity index (χ0) is 12.3. The van der Waals surface area contributed by atoms with Crippen LogP contribution in [0.5, 0.6) is 0 Å². The summed E-state index contributed by atoms with van der Waals surface area (Å²) < 4.78 is 6.60. The standard InChI is InChI=1S/C13H16INO2/c1-9-8-12(6-7-17-9)15-13(16)10-2-4-11(14)5-3-10/h2-5,9,12H,6-8H2,1H3,(H,15,16). The minimum absolute atomic E-state index is 0.0144. The quantitative estimate of drug-likeness (QED) is 0.837. The summed E-state index contributed by atoms with van der Waals surface area (Å²) in [6.07, 6.45) is 2.04. The topological polar surface area (TPSA) is 38.3 Å². The molecule has 1 N–H and O–H groups in total. The van der Waals surface area contributed by atoms with Crippen molar-refractivity contribution in [1.82, 2.24) is 5.32 Å². The summed E-state index contributed by atoms with van der Waals surface area (Å²) in [7, 11) is 0. The Morgan fingerprint density at radius 3 is 2.76 bits per heavy atom. The number of amides is 1. The molecule has 1 aromatic carbocycles. The third-order valence-corrected chi connectivity index (χ3v) is 3.65. The number of ether oxygens (including phenoxy) is 1. The van der Waals surface area contributed by atoms with Crippen molar-refractivity contribution in [1.29, 1.82) is 0 Å². The summed E-state index contributed by atoms with van der Waals surface area (Å²) in [5.41, 5.74) is 0.726. The highest BCUT2D eigenvalue weighted by Gasteiger charge is 2.21. The van der Waals surface area contributed by atoms with E-state index in [1.165, 1.54) is 0 Å². The Labute approximate surface area is 115 Å². The molecular formula is C13H16INO2. The van der Waals surface area contributed by atoms with Gasteiger partial charge in [-0.3, -0.25) is 4.79 Å². The van der Waals surface area contributed by atoms with Crippen LogP contribution < -0.4 is 5.32 Å². The third kappa shape index (κ3) is 3.67. The van der Waals surface area contributed by atoms with Gasteiger partial charge in [0.25, 0.3) is 5.91 Å². The van der Waals surface area contributed by atoms with Crippen LogP contribution in [0.2, 0.25) is 0 Å². The van der Waals surface area contributed by atoms with Crippen molar-refractivity contribution in [2.45, 2.75) is 31.9 Å². The highest BCUT2D eigenvalue weighted by molar-refractivity contribution is 14.1. The van der Waals surface area contributed by atoms with Gasteiger partial charge in [0, 0.05) is 21.8 Å². The van der Waals surface area contributed by atoms with Gasteiger partial charge in [-0.15, -0.1) is 0 Å². The maximum absolute atomic E-state index is 12.0. The average molecular weight is 345 g/mol. The first-order valence-electron chi connectivity index (χ1n) is 5.83.